The molecule has 0 aliphatic heterocycles. The van der Waals surface area contributed by atoms with E-state index in [0.29, 0.717) is 41.1 Å². The van der Waals surface area contributed by atoms with Crippen LogP contribution in [-0.2, 0) is 6.54 Å². The molecular formula is C16H19ClN4O. The molecule has 0 spiro atoms. The number of nitrogens with zero attached hydrogens (tertiary/aromatic N) is 3. The van der Waals surface area contributed by atoms with E-state index in [4.69, 9.17) is 22.6 Å². The number of nitriles is 1. The van der Waals surface area contributed by atoms with E-state index in [0.717, 1.165) is 12.8 Å². The number of hydrogen-bond donors (Lipinski definition) is 1. The lowest BCUT2D eigenvalue weighted by molar-refractivity contribution is 0.523. The first kappa shape index (κ1) is 16.5. The van der Waals surface area contributed by atoms with E-state index >= 15 is 0 Å². The Morgan fingerprint density at radius 1 is 1.45 bits per heavy atom. The average molecular weight is 319 g/mol. The van der Waals surface area contributed by atoms with Gasteiger partial charge < -0.3 is 5.73 Å². The second-order valence-electron chi connectivity index (χ2n) is 5.19. The van der Waals surface area contributed by atoms with Crippen molar-refractivity contribution in [3.8, 4) is 6.07 Å². The van der Waals surface area contributed by atoms with Crippen LogP contribution < -0.4 is 11.3 Å². The van der Waals surface area contributed by atoms with Gasteiger partial charge >= 0.3 is 0 Å². The van der Waals surface area contributed by atoms with Gasteiger partial charge in [-0.05, 0) is 31.4 Å². The van der Waals surface area contributed by atoms with Gasteiger partial charge in [-0.25, -0.2) is 4.98 Å². The minimum atomic E-state index is -0.299. The zero-order chi connectivity index (χ0) is 16.1. The molecule has 1 aromatic heterocycles. The second kappa shape index (κ2) is 7.39. The van der Waals surface area contributed by atoms with Crippen LogP contribution in [0.5, 0.6) is 0 Å². The Morgan fingerprint density at radius 2 is 2.23 bits per heavy atom. The van der Waals surface area contributed by atoms with Crippen LogP contribution in [0, 0.1) is 11.3 Å². The Balaban J connectivity index is 2.54. The molecule has 0 aliphatic carbocycles. The van der Waals surface area contributed by atoms with E-state index in [1.807, 2.05) is 6.92 Å². The standard InChI is InChI=1S/C16H19ClN4O/c1-2-12(19)15-20-13-8-6-7-11(17)14(13)16(22)21(15)10-5-3-4-9-18/h6-8,12H,2-5,10,19H2,1H3/t12-/m0/s1. The number of unbranched alkanes of at least 4 members (excludes halogenated alkanes) is 2. The zero-order valence-electron chi connectivity index (χ0n) is 12.6. The molecule has 2 rings (SSSR count). The van der Waals surface area contributed by atoms with Gasteiger partial charge in [0.2, 0.25) is 0 Å². The van der Waals surface area contributed by atoms with Gasteiger partial charge in [0.25, 0.3) is 5.56 Å². The summed E-state index contributed by atoms with van der Waals surface area (Å²) in [6, 6.07) is 7.04. The Kier molecular flexibility index (Phi) is 5.53. The van der Waals surface area contributed by atoms with Crippen LogP contribution >= 0.6 is 11.6 Å². The second-order valence-corrected chi connectivity index (χ2v) is 5.60. The predicted octanol–water partition coefficient (Wildman–Crippen LogP) is 3.15. The van der Waals surface area contributed by atoms with Crippen LogP contribution in [0.15, 0.2) is 23.0 Å². The Hall–Kier alpha value is -1.90. The minimum Gasteiger partial charge on any atom is -0.321 e. The molecule has 0 unspecified atom stereocenters. The zero-order valence-corrected chi connectivity index (χ0v) is 13.3. The normalized spacial score (nSPS) is 12.3. The van der Waals surface area contributed by atoms with Crippen molar-refractivity contribution in [3.63, 3.8) is 0 Å². The van der Waals surface area contributed by atoms with Crippen molar-refractivity contribution >= 4 is 22.5 Å². The highest BCUT2D eigenvalue weighted by molar-refractivity contribution is 6.35. The van der Waals surface area contributed by atoms with Crippen LogP contribution in [0.4, 0.5) is 0 Å². The summed E-state index contributed by atoms with van der Waals surface area (Å²) in [4.78, 5) is 17.3. The molecule has 0 fully saturated rings. The Morgan fingerprint density at radius 3 is 2.91 bits per heavy atom. The van der Waals surface area contributed by atoms with Crippen molar-refractivity contribution in [2.75, 3.05) is 0 Å². The quantitative estimate of drug-likeness (QED) is 0.829. The third-order valence-corrected chi connectivity index (χ3v) is 3.97. The van der Waals surface area contributed by atoms with Crippen molar-refractivity contribution in [2.45, 2.75) is 45.2 Å². The number of nitrogens with two attached hydrogens (primary N) is 1. The van der Waals surface area contributed by atoms with Crippen LogP contribution in [0.3, 0.4) is 0 Å². The number of fused-ring (bicyclic) bond motifs is 1. The highest BCUT2D eigenvalue weighted by Gasteiger charge is 2.17. The lowest BCUT2D eigenvalue weighted by Crippen LogP contribution is -2.29. The summed E-state index contributed by atoms with van der Waals surface area (Å²) in [6.07, 6.45) is 2.64. The van der Waals surface area contributed by atoms with E-state index < -0.39 is 0 Å². The van der Waals surface area contributed by atoms with Gasteiger partial charge in [-0.15, -0.1) is 0 Å². The summed E-state index contributed by atoms with van der Waals surface area (Å²) < 4.78 is 1.61. The summed E-state index contributed by atoms with van der Waals surface area (Å²) in [5.41, 5.74) is 6.53. The van der Waals surface area contributed by atoms with Crippen molar-refractivity contribution in [1.82, 2.24) is 9.55 Å². The van der Waals surface area contributed by atoms with Gasteiger partial charge in [-0.2, -0.15) is 5.26 Å². The monoisotopic (exact) mass is 318 g/mol. The average Bonchev–Trinajstić information content (AvgIpc) is 2.52. The van der Waals surface area contributed by atoms with Crippen LogP contribution in [0.25, 0.3) is 10.9 Å². The van der Waals surface area contributed by atoms with Crippen LogP contribution in [-0.4, -0.2) is 9.55 Å². The molecule has 6 heteroatoms. The SMILES string of the molecule is CC[C@H](N)c1nc2cccc(Cl)c2c(=O)n1CCCCC#N. The van der Waals surface area contributed by atoms with Gasteiger partial charge in [0.15, 0.2) is 0 Å². The molecule has 0 saturated heterocycles. The lowest BCUT2D eigenvalue weighted by atomic mass is 10.1. The molecule has 0 bridgehead atoms. The van der Waals surface area contributed by atoms with Crippen molar-refractivity contribution in [2.24, 2.45) is 5.73 Å². The van der Waals surface area contributed by atoms with Gasteiger partial charge in [-0.3, -0.25) is 9.36 Å². The third kappa shape index (κ3) is 3.29. The molecular weight excluding hydrogens is 300 g/mol. The first-order valence-electron chi connectivity index (χ1n) is 7.41. The van der Waals surface area contributed by atoms with E-state index in [1.54, 1.807) is 22.8 Å². The van der Waals surface area contributed by atoms with Crippen LogP contribution in [0.2, 0.25) is 5.02 Å². The lowest BCUT2D eigenvalue weighted by Gasteiger charge is -2.17. The summed E-state index contributed by atoms with van der Waals surface area (Å²) in [7, 11) is 0. The number of rotatable bonds is 6. The maximum Gasteiger partial charge on any atom is 0.262 e. The van der Waals surface area contributed by atoms with E-state index in [-0.39, 0.29) is 11.6 Å². The molecule has 116 valence electrons. The predicted molar refractivity (Wildman–Crippen MR) is 87.7 cm³/mol. The van der Waals surface area contributed by atoms with Crippen molar-refractivity contribution < 1.29 is 0 Å². The maximum absolute atomic E-state index is 12.8. The summed E-state index contributed by atoms with van der Waals surface area (Å²) in [6.45, 7) is 2.46. The Labute approximate surface area is 134 Å². The van der Waals surface area contributed by atoms with Crippen molar-refractivity contribution in [1.29, 1.82) is 5.26 Å². The number of aromatic nitrogens is 2. The smallest absolute Gasteiger partial charge is 0.262 e. The van der Waals surface area contributed by atoms with E-state index in [1.165, 1.54) is 0 Å². The van der Waals surface area contributed by atoms with Gasteiger partial charge in [0.1, 0.15) is 5.82 Å². The largest absolute Gasteiger partial charge is 0.321 e. The fourth-order valence-electron chi connectivity index (χ4n) is 2.40. The molecule has 2 aromatic rings. The molecule has 0 radical (unpaired) electrons. The van der Waals surface area contributed by atoms with Crippen molar-refractivity contribution in [3.05, 3.63) is 39.4 Å². The number of benzene rings is 1. The number of halogens is 1. The maximum atomic E-state index is 12.8. The molecule has 22 heavy (non-hydrogen) atoms. The molecule has 0 saturated carbocycles. The summed E-state index contributed by atoms with van der Waals surface area (Å²) in [5, 5.41) is 9.44. The van der Waals surface area contributed by atoms with Gasteiger partial charge in [0, 0.05) is 13.0 Å². The summed E-state index contributed by atoms with van der Waals surface area (Å²) >= 11 is 6.16. The summed E-state index contributed by atoms with van der Waals surface area (Å²) in [5.74, 6) is 0.583. The first-order chi connectivity index (χ1) is 10.6. The molecule has 0 amide bonds. The van der Waals surface area contributed by atoms with Gasteiger partial charge in [-0.1, -0.05) is 24.6 Å². The third-order valence-electron chi connectivity index (χ3n) is 3.65. The highest BCUT2D eigenvalue weighted by atomic mass is 35.5. The highest BCUT2D eigenvalue weighted by Crippen LogP contribution is 2.21. The van der Waals surface area contributed by atoms with Gasteiger partial charge in [0.05, 0.1) is 28.0 Å². The molecule has 2 N–H and O–H groups in total. The van der Waals surface area contributed by atoms with E-state index in [2.05, 4.69) is 11.1 Å². The fourth-order valence-corrected chi connectivity index (χ4v) is 2.65. The molecule has 5 nitrogen and oxygen atoms in total. The minimum absolute atomic E-state index is 0.161. The molecule has 1 atom stereocenters. The molecule has 1 heterocycles. The molecule has 0 aliphatic rings. The first-order valence-corrected chi connectivity index (χ1v) is 7.79. The topological polar surface area (TPSA) is 84.7 Å². The Bertz CT molecular complexity index is 763. The van der Waals surface area contributed by atoms with Crippen LogP contribution in [0.1, 0.15) is 44.5 Å². The fraction of sp³-hybridized carbons (Fsp3) is 0.438. The number of hydrogen-bond acceptors (Lipinski definition) is 4. The molecule has 1 aromatic carbocycles. The van der Waals surface area contributed by atoms with E-state index in [9.17, 15) is 4.79 Å².